The molecule has 33 heavy (non-hydrogen) atoms. The first kappa shape index (κ1) is 22.8. The van der Waals surface area contributed by atoms with Gasteiger partial charge in [0, 0.05) is 35.9 Å². The SMILES string of the molecule is CCCCC(NC(=O)c1cnn2c(C)cc(C)nc12)C(=O)Nc1cccc(N2CCCC2)c1. The molecule has 0 radical (unpaired) electrons. The summed E-state index contributed by atoms with van der Waals surface area (Å²) in [6.07, 6.45) is 6.22. The topological polar surface area (TPSA) is 91.6 Å². The van der Waals surface area contributed by atoms with Crippen LogP contribution >= 0.6 is 0 Å². The lowest BCUT2D eigenvalue weighted by Crippen LogP contribution is -2.43. The molecule has 0 bridgehead atoms. The van der Waals surface area contributed by atoms with Crippen molar-refractivity contribution >= 4 is 28.8 Å². The quantitative estimate of drug-likeness (QED) is 0.546. The van der Waals surface area contributed by atoms with Crippen molar-refractivity contribution in [1.82, 2.24) is 19.9 Å². The second-order valence-electron chi connectivity index (χ2n) is 8.73. The Labute approximate surface area is 194 Å². The third-order valence-electron chi connectivity index (χ3n) is 6.08. The minimum absolute atomic E-state index is 0.216. The van der Waals surface area contributed by atoms with Gasteiger partial charge in [-0.15, -0.1) is 0 Å². The minimum atomic E-state index is -0.645. The van der Waals surface area contributed by atoms with E-state index in [1.54, 1.807) is 4.52 Å². The molecule has 0 aliphatic carbocycles. The monoisotopic (exact) mass is 448 g/mol. The van der Waals surface area contributed by atoms with E-state index in [1.807, 2.05) is 38.1 Å². The van der Waals surface area contributed by atoms with Crippen LogP contribution in [0, 0.1) is 13.8 Å². The minimum Gasteiger partial charge on any atom is -0.371 e. The van der Waals surface area contributed by atoms with Gasteiger partial charge in [0.1, 0.15) is 11.6 Å². The highest BCUT2D eigenvalue weighted by Gasteiger charge is 2.24. The fourth-order valence-corrected chi connectivity index (χ4v) is 4.33. The van der Waals surface area contributed by atoms with Gasteiger partial charge in [-0.05, 0) is 57.4 Å². The highest BCUT2D eigenvalue weighted by Crippen LogP contribution is 2.23. The van der Waals surface area contributed by atoms with E-state index in [2.05, 4.69) is 38.6 Å². The number of aromatic nitrogens is 3. The lowest BCUT2D eigenvalue weighted by Gasteiger charge is -2.20. The first-order chi connectivity index (χ1) is 16.0. The molecule has 0 spiro atoms. The van der Waals surface area contributed by atoms with Crippen LogP contribution in [0.25, 0.3) is 5.65 Å². The van der Waals surface area contributed by atoms with Gasteiger partial charge in [0.15, 0.2) is 5.65 Å². The summed E-state index contributed by atoms with van der Waals surface area (Å²) in [6.45, 7) is 7.95. The van der Waals surface area contributed by atoms with Gasteiger partial charge in [0.05, 0.1) is 6.20 Å². The van der Waals surface area contributed by atoms with Crippen LogP contribution in [-0.2, 0) is 4.79 Å². The standard InChI is InChI=1S/C25H32N6O2/c1-4-5-11-22(25(33)28-19-9-8-10-20(15-19)30-12-6-7-13-30)29-24(32)21-16-26-31-18(3)14-17(2)27-23(21)31/h8-10,14-16,22H,4-7,11-13H2,1-3H3,(H,28,33)(H,29,32). The molecule has 174 valence electrons. The number of fused-ring (bicyclic) bond motifs is 1. The number of carbonyl (C=O) groups is 2. The summed E-state index contributed by atoms with van der Waals surface area (Å²) in [7, 11) is 0. The molecule has 3 heterocycles. The number of hydrogen-bond donors (Lipinski definition) is 2. The van der Waals surface area contributed by atoms with Gasteiger partial charge >= 0.3 is 0 Å². The van der Waals surface area contributed by atoms with Gasteiger partial charge in [0.25, 0.3) is 5.91 Å². The number of nitrogens with zero attached hydrogens (tertiary/aromatic N) is 4. The average Bonchev–Trinajstić information content (AvgIpc) is 3.47. The molecule has 8 heteroatoms. The summed E-state index contributed by atoms with van der Waals surface area (Å²) in [5, 5.41) is 10.2. The lowest BCUT2D eigenvalue weighted by molar-refractivity contribution is -0.118. The van der Waals surface area contributed by atoms with Crippen molar-refractivity contribution in [2.45, 2.75) is 58.9 Å². The zero-order chi connectivity index (χ0) is 23.4. The lowest BCUT2D eigenvalue weighted by atomic mass is 10.1. The highest BCUT2D eigenvalue weighted by atomic mass is 16.2. The fourth-order valence-electron chi connectivity index (χ4n) is 4.33. The maximum Gasteiger partial charge on any atom is 0.257 e. The van der Waals surface area contributed by atoms with E-state index >= 15 is 0 Å². The van der Waals surface area contributed by atoms with E-state index in [-0.39, 0.29) is 11.8 Å². The Bertz CT molecular complexity index is 1150. The Morgan fingerprint density at radius 2 is 1.94 bits per heavy atom. The molecule has 0 saturated carbocycles. The van der Waals surface area contributed by atoms with Crippen molar-refractivity contribution < 1.29 is 9.59 Å². The van der Waals surface area contributed by atoms with E-state index in [1.165, 1.54) is 19.0 Å². The summed E-state index contributed by atoms with van der Waals surface area (Å²) in [4.78, 5) is 33.1. The molecule has 2 amide bonds. The van der Waals surface area contributed by atoms with Crippen LogP contribution in [0.3, 0.4) is 0 Å². The fraction of sp³-hybridized carbons (Fsp3) is 0.440. The number of aryl methyl sites for hydroxylation is 2. The molecule has 1 unspecified atom stereocenters. The Balaban J connectivity index is 1.50. The predicted molar refractivity (Wildman–Crippen MR) is 130 cm³/mol. The van der Waals surface area contributed by atoms with Crippen molar-refractivity contribution in [2.75, 3.05) is 23.3 Å². The highest BCUT2D eigenvalue weighted by molar-refractivity contribution is 6.04. The van der Waals surface area contributed by atoms with E-state index in [4.69, 9.17) is 0 Å². The van der Waals surface area contributed by atoms with Crippen molar-refractivity contribution in [3.63, 3.8) is 0 Å². The van der Waals surface area contributed by atoms with Gasteiger partial charge in [-0.25, -0.2) is 9.50 Å². The summed E-state index contributed by atoms with van der Waals surface area (Å²) >= 11 is 0. The molecule has 1 aromatic carbocycles. The normalized spacial score (nSPS) is 14.5. The second-order valence-corrected chi connectivity index (χ2v) is 8.73. The smallest absolute Gasteiger partial charge is 0.257 e. The Hall–Kier alpha value is -3.42. The van der Waals surface area contributed by atoms with Crippen LogP contribution in [0.15, 0.2) is 36.5 Å². The molecule has 1 atom stereocenters. The molecule has 1 aliphatic rings. The van der Waals surface area contributed by atoms with Crippen LogP contribution in [0.4, 0.5) is 11.4 Å². The van der Waals surface area contributed by atoms with Crippen molar-refractivity contribution in [2.24, 2.45) is 0 Å². The molecule has 8 nitrogen and oxygen atoms in total. The summed E-state index contributed by atoms with van der Waals surface area (Å²) in [6, 6.07) is 9.18. The zero-order valence-corrected chi connectivity index (χ0v) is 19.6. The van der Waals surface area contributed by atoms with Gasteiger partial charge in [0.2, 0.25) is 5.91 Å². The van der Waals surface area contributed by atoms with Crippen LogP contribution in [0.1, 0.15) is 60.8 Å². The molecule has 4 rings (SSSR count). The Morgan fingerprint density at radius 1 is 1.15 bits per heavy atom. The summed E-state index contributed by atoms with van der Waals surface area (Å²) < 4.78 is 1.65. The van der Waals surface area contributed by atoms with E-state index < -0.39 is 6.04 Å². The van der Waals surface area contributed by atoms with Crippen LogP contribution in [-0.4, -0.2) is 45.5 Å². The predicted octanol–water partition coefficient (Wildman–Crippen LogP) is 3.87. The molecule has 2 aromatic heterocycles. The molecule has 1 saturated heterocycles. The zero-order valence-electron chi connectivity index (χ0n) is 19.6. The summed E-state index contributed by atoms with van der Waals surface area (Å²) in [5.41, 5.74) is 4.43. The van der Waals surface area contributed by atoms with Gasteiger partial charge in [-0.3, -0.25) is 9.59 Å². The third-order valence-corrected chi connectivity index (χ3v) is 6.08. The number of unbranched alkanes of at least 4 members (excludes halogenated alkanes) is 1. The first-order valence-electron chi connectivity index (χ1n) is 11.7. The largest absolute Gasteiger partial charge is 0.371 e. The Kier molecular flexibility index (Phi) is 6.91. The van der Waals surface area contributed by atoms with Crippen LogP contribution < -0.4 is 15.5 Å². The van der Waals surface area contributed by atoms with Gasteiger partial charge in [-0.1, -0.05) is 25.8 Å². The van der Waals surface area contributed by atoms with Crippen LogP contribution in [0.5, 0.6) is 0 Å². The van der Waals surface area contributed by atoms with E-state index in [0.29, 0.717) is 17.6 Å². The number of benzene rings is 1. The average molecular weight is 449 g/mol. The second kappa shape index (κ2) is 10.0. The molecule has 3 aromatic rings. The number of hydrogen-bond acceptors (Lipinski definition) is 5. The molecule has 2 N–H and O–H groups in total. The maximum absolute atomic E-state index is 13.2. The number of rotatable bonds is 8. The maximum atomic E-state index is 13.2. The third kappa shape index (κ3) is 5.16. The van der Waals surface area contributed by atoms with Crippen molar-refractivity contribution in [1.29, 1.82) is 0 Å². The van der Waals surface area contributed by atoms with Crippen molar-refractivity contribution in [3.8, 4) is 0 Å². The number of anilines is 2. The number of nitrogens with one attached hydrogen (secondary N) is 2. The van der Waals surface area contributed by atoms with E-state index in [0.717, 1.165) is 48.7 Å². The van der Waals surface area contributed by atoms with Crippen LogP contribution in [0.2, 0.25) is 0 Å². The summed E-state index contributed by atoms with van der Waals surface area (Å²) in [5.74, 6) is -0.559. The van der Waals surface area contributed by atoms with E-state index in [9.17, 15) is 9.59 Å². The molecule has 1 fully saturated rings. The van der Waals surface area contributed by atoms with Gasteiger partial charge < -0.3 is 15.5 Å². The molecule has 1 aliphatic heterocycles. The molecular weight excluding hydrogens is 416 g/mol. The van der Waals surface area contributed by atoms with Gasteiger partial charge in [-0.2, -0.15) is 5.10 Å². The number of carbonyl (C=O) groups excluding carboxylic acids is 2. The Morgan fingerprint density at radius 3 is 2.70 bits per heavy atom. The van der Waals surface area contributed by atoms with Crippen molar-refractivity contribution in [3.05, 3.63) is 53.5 Å². The first-order valence-corrected chi connectivity index (χ1v) is 11.7. The number of amides is 2. The molecular formula is C25H32N6O2.